The maximum absolute atomic E-state index is 5.78. The summed E-state index contributed by atoms with van der Waals surface area (Å²) in [6.45, 7) is 0. The number of fused-ring (bicyclic) bond motifs is 1. The molecule has 0 fully saturated rings. The molecular weight excluding hydrogens is 279 g/mol. The van der Waals surface area contributed by atoms with Gasteiger partial charge >= 0.3 is 0 Å². The zero-order valence-corrected chi connectivity index (χ0v) is 9.23. The number of nitrogens with zero attached hydrogens (tertiary/aromatic N) is 3. The van der Waals surface area contributed by atoms with Crippen LogP contribution in [0.15, 0.2) is 10.8 Å². The van der Waals surface area contributed by atoms with E-state index in [0.717, 1.165) is 0 Å². The third-order valence-corrected chi connectivity index (χ3v) is 2.83. The molecule has 4 nitrogen and oxygen atoms in total. The lowest BCUT2D eigenvalue weighted by atomic mass is 10.5. The van der Waals surface area contributed by atoms with E-state index >= 15 is 0 Å². The van der Waals surface area contributed by atoms with Crippen LogP contribution < -0.4 is 5.73 Å². The number of halogens is 3. The largest absolute Gasteiger partial charge is 0.394 e. The van der Waals surface area contributed by atoms with Gasteiger partial charge in [-0.3, -0.25) is 0 Å². The first-order chi connectivity index (χ1) is 6.11. The first kappa shape index (κ1) is 9.05. The SMILES string of the molecule is Nc1c(Cl)c(Cl)nn2c(Br)cnc12. The molecule has 2 aromatic heterocycles. The van der Waals surface area contributed by atoms with E-state index in [1.54, 1.807) is 6.20 Å². The van der Waals surface area contributed by atoms with Crippen LogP contribution in [0.3, 0.4) is 0 Å². The second-order valence-corrected chi connectivity index (χ2v) is 3.88. The molecule has 0 unspecified atom stereocenters. The molecule has 13 heavy (non-hydrogen) atoms. The van der Waals surface area contributed by atoms with Crippen LogP contribution in [-0.2, 0) is 0 Å². The van der Waals surface area contributed by atoms with Crippen molar-refractivity contribution in [2.24, 2.45) is 0 Å². The lowest BCUT2D eigenvalue weighted by Crippen LogP contribution is -1.99. The quantitative estimate of drug-likeness (QED) is 0.807. The Morgan fingerprint density at radius 2 is 2.15 bits per heavy atom. The van der Waals surface area contributed by atoms with Gasteiger partial charge in [-0.25, -0.2) is 9.50 Å². The molecule has 0 atom stereocenters. The predicted molar refractivity (Wildman–Crippen MR) is 55.1 cm³/mol. The van der Waals surface area contributed by atoms with Crippen molar-refractivity contribution in [1.29, 1.82) is 0 Å². The van der Waals surface area contributed by atoms with E-state index in [1.807, 2.05) is 0 Å². The summed E-state index contributed by atoms with van der Waals surface area (Å²) in [6.07, 6.45) is 1.57. The van der Waals surface area contributed by atoms with Gasteiger partial charge in [0.2, 0.25) is 0 Å². The van der Waals surface area contributed by atoms with Crippen LogP contribution in [0, 0.1) is 0 Å². The molecule has 7 heteroatoms. The first-order valence-corrected chi connectivity index (χ1v) is 4.80. The minimum absolute atomic E-state index is 0.158. The number of nitrogens with two attached hydrogens (primary N) is 1. The standard InChI is InChI=1S/C6H3BrCl2N4/c7-2-1-11-6-4(10)3(8)5(9)12-13(2)6/h1H,10H2. The van der Waals surface area contributed by atoms with E-state index in [2.05, 4.69) is 26.0 Å². The monoisotopic (exact) mass is 280 g/mol. The van der Waals surface area contributed by atoms with Crippen molar-refractivity contribution in [2.75, 3.05) is 5.73 Å². The minimum atomic E-state index is 0.158. The lowest BCUT2D eigenvalue weighted by Gasteiger charge is -2.01. The lowest BCUT2D eigenvalue weighted by molar-refractivity contribution is 0.918. The Hall–Kier alpha value is -0.520. The predicted octanol–water partition coefficient (Wildman–Crippen LogP) is 2.38. The van der Waals surface area contributed by atoms with E-state index < -0.39 is 0 Å². The summed E-state index contributed by atoms with van der Waals surface area (Å²) in [6, 6.07) is 0. The number of anilines is 1. The van der Waals surface area contributed by atoms with Gasteiger partial charge in [0.05, 0.1) is 11.9 Å². The third-order valence-electron chi connectivity index (χ3n) is 1.54. The number of hydrogen-bond donors (Lipinski definition) is 1. The number of nitrogen functional groups attached to an aromatic ring is 1. The Labute approximate surface area is 91.8 Å². The summed E-state index contributed by atoms with van der Waals surface area (Å²) < 4.78 is 2.15. The van der Waals surface area contributed by atoms with Gasteiger partial charge < -0.3 is 5.73 Å². The van der Waals surface area contributed by atoms with Crippen molar-refractivity contribution in [3.8, 4) is 0 Å². The van der Waals surface area contributed by atoms with Gasteiger partial charge in [0.1, 0.15) is 9.63 Å². The highest BCUT2D eigenvalue weighted by molar-refractivity contribution is 9.10. The maximum Gasteiger partial charge on any atom is 0.179 e. The summed E-state index contributed by atoms with van der Waals surface area (Å²) in [5, 5.41) is 4.34. The highest BCUT2D eigenvalue weighted by Crippen LogP contribution is 2.29. The molecule has 0 bridgehead atoms. The molecule has 0 aliphatic rings. The minimum Gasteiger partial charge on any atom is -0.394 e. The molecule has 2 rings (SSSR count). The van der Waals surface area contributed by atoms with Gasteiger partial charge in [0.15, 0.2) is 10.8 Å². The van der Waals surface area contributed by atoms with Gasteiger partial charge in [-0.2, -0.15) is 5.10 Å². The fourth-order valence-corrected chi connectivity index (χ4v) is 1.59. The highest BCUT2D eigenvalue weighted by atomic mass is 79.9. The van der Waals surface area contributed by atoms with Crippen LogP contribution in [0.25, 0.3) is 5.65 Å². The Morgan fingerprint density at radius 3 is 2.85 bits per heavy atom. The topological polar surface area (TPSA) is 56.2 Å². The number of rotatable bonds is 0. The van der Waals surface area contributed by atoms with Gasteiger partial charge in [0, 0.05) is 0 Å². The van der Waals surface area contributed by atoms with Crippen LogP contribution in [0.5, 0.6) is 0 Å². The Morgan fingerprint density at radius 1 is 1.46 bits per heavy atom. The van der Waals surface area contributed by atoms with Crippen LogP contribution in [-0.4, -0.2) is 14.6 Å². The third kappa shape index (κ3) is 1.27. The summed E-state index contributed by atoms with van der Waals surface area (Å²) in [4.78, 5) is 4.01. The van der Waals surface area contributed by atoms with Crippen LogP contribution in [0.2, 0.25) is 10.2 Å². The molecule has 0 spiro atoms. The van der Waals surface area contributed by atoms with Crippen molar-refractivity contribution in [1.82, 2.24) is 14.6 Å². The van der Waals surface area contributed by atoms with Crippen molar-refractivity contribution in [3.63, 3.8) is 0 Å². The Bertz CT molecular complexity index is 481. The molecule has 0 saturated heterocycles. The van der Waals surface area contributed by atoms with Gasteiger partial charge in [-0.05, 0) is 15.9 Å². The molecule has 0 aromatic carbocycles. The number of imidazole rings is 1. The second-order valence-electron chi connectivity index (χ2n) is 2.33. The first-order valence-electron chi connectivity index (χ1n) is 3.25. The maximum atomic E-state index is 5.78. The highest BCUT2D eigenvalue weighted by Gasteiger charge is 2.12. The van der Waals surface area contributed by atoms with Gasteiger partial charge in [-0.15, -0.1) is 0 Å². The molecule has 2 N–H and O–H groups in total. The second kappa shape index (κ2) is 3.01. The fraction of sp³-hybridized carbons (Fsp3) is 0. The molecule has 0 amide bonds. The van der Waals surface area contributed by atoms with Crippen LogP contribution >= 0.6 is 39.1 Å². The van der Waals surface area contributed by atoms with Gasteiger partial charge in [0.25, 0.3) is 0 Å². The number of hydrogen-bond acceptors (Lipinski definition) is 3. The molecule has 0 radical (unpaired) electrons. The van der Waals surface area contributed by atoms with E-state index in [-0.39, 0.29) is 10.2 Å². The number of aromatic nitrogens is 3. The van der Waals surface area contributed by atoms with Crippen LogP contribution in [0.1, 0.15) is 0 Å². The summed E-state index contributed by atoms with van der Waals surface area (Å²) in [7, 11) is 0. The zero-order chi connectivity index (χ0) is 9.59. The summed E-state index contributed by atoms with van der Waals surface area (Å²) in [5.74, 6) is 0. The smallest absolute Gasteiger partial charge is 0.179 e. The molecule has 2 aromatic rings. The fourth-order valence-electron chi connectivity index (χ4n) is 0.945. The van der Waals surface area contributed by atoms with Crippen molar-refractivity contribution >= 4 is 50.5 Å². The van der Waals surface area contributed by atoms with E-state index in [9.17, 15) is 0 Å². The Balaban J connectivity index is 2.96. The average Bonchev–Trinajstić information content (AvgIpc) is 2.45. The van der Waals surface area contributed by atoms with Gasteiger partial charge in [-0.1, -0.05) is 23.2 Å². The summed E-state index contributed by atoms with van der Waals surface area (Å²) >= 11 is 14.7. The summed E-state index contributed by atoms with van der Waals surface area (Å²) in [5.41, 5.74) is 6.49. The average molecular weight is 282 g/mol. The molecule has 2 heterocycles. The van der Waals surface area contributed by atoms with Crippen molar-refractivity contribution in [2.45, 2.75) is 0 Å². The van der Waals surface area contributed by atoms with E-state index in [1.165, 1.54) is 4.52 Å². The molecule has 0 saturated carbocycles. The van der Waals surface area contributed by atoms with Crippen molar-refractivity contribution < 1.29 is 0 Å². The van der Waals surface area contributed by atoms with E-state index in [4.69, 9.17) is 28.9 Å². The molecule has 0 aliphatic carbocycles. The van der Waals surface area contributed by atoms with E-state index in [0.29, 0.717) is 15.9 Å². The Kier molecular flexibility index (Phi) is 2.09. The van der Waals surface area contributed by atoms with Crippen LogP contribution in [0.4, 0.5) is 5.69 Å². The molecule has 0 aliphatic heterocycles. The van der Waals surface area contributed by atoms with Crippen molar-refractivity contribution in [3.05, 3.63) is 21.0 Å². The molecule has 68 valence electrons. The molecular formula is C6H3BrCl2N4. The normalized spacial score (nSPS) is 11.0. The zero-order valence-electron chi connectivity index (χ0n) is 6.13.